The summed E-state index contributed by atoms with van der Waals surface area (Å²) in [6.45, 7) is 6.81. The number of nitrogens with zero attached hydrogens (tertiary/aromatic N) is 1. The fraction of sp³-hybridized carbons (Fsp3) is 0.571. The van der Waals surface area contributed by atoms with Crippen LogP contribution in [0.15, 0.2) is 18.2 Å². The Kier molecular flexibility index (Phi) is 4.25. The minimum atomic E-state index is -0.220. The third-order valence-corrected chi connectivity index (χ3v) is 4.23. The zero-order chi connectivity index (χ0) is 13.3. The van der Waals surface area contributed by atoms with Gasteiger partial charge in [0.2, 0.25) is 0 Å². The van der Waals surface area contributed by atoms with Crippen LogP contribution in [0.4, 0.5) is 4.39 Å². The molecule has 1 saturated heterocycles. The highest BCUT2D eigenvalue weighted by Crippen LogP contribution is 2.32. The predicted molar refractivity (Wildman–Crippen MR) is 73.1 cm³/mol. The Hall–Kier alpha value is -0.640. The molecule has 0 aliphatic carbocycles. The van der Waals surface area contributed by atoms with Crippen molar-refractivity contribution in [3.63, 3.8) is 0 Å². The van der Waals surface area contributed by atoms with Gasteiger partial charge in [0.25, 0.3) is 0 Å². The lowest BCUT2D eigenvalue weighted by Gasteiger charge is -2.27. The summed E-state index contributed by atoms with van der Waals surface area (Å²) in [5, 5.41) is 0.560. The quantitative estimate of drug-likeness (QED) is 0.915. The van der Waals surface area contributed by atoms with Crippen molar-refractivity contribution in [3.05, 3.63) is 34.6 Å². The average Bonchev–Trinajstić information content (AvgIpc) is 2.65. The zero-order valence-electron chi connectivity index (χ0n) is 10.9. The maximum atomic E-state index is 13.9. The Balaban J connectivity index is 2.26. The molecule has 3 unspecified atom stereocenters. The molecular formula is C14H20ClFN2. The van der Waals surface area contributed by atoms with Crippen molar-refractivity contribution in [3.8, 4) is 0 Å². The van der Waals surface area contributed by atoms with Gasteiger partial charge in [-0.25, -0.2) is 4.39 Å². The molecular weight excluding hydrogens is 251 g/mol. The Bertz CT molecular complexity index is 414. The number of hydrogen-bond donors (Lipinski definition) is 1. The Morgan fingerprint density at radius 1 is 1.39 bits per heavy atom. The number of likely N-dealkylation sites (tertiary alicyclic amines) is 1. The van der Waals surface area contributed by atoms with Crippen LogP contribution in [0.5, 0.6) is 0 Å². The maximum absolute atomic E-state index is 13.9. The molecule has 0 bridgehead atoms. The average molecular weight is 271 g/mol. The van der Waals surface area contributed by atoms with Gasteiger partial charge < -0.3 is 5.73 Å². The van der Waals surface area contributed by atoms with Gasteiger partial charge >= 0.3 is 0 Å². The van der Waals surface area contributed by atoms with E-state index >= 15 is 0 Å². The Labute approximate surface area is 113 Å². The van der Waals surface area contributed by atoms with E-state index in [-0.39, 0.29) is 11.9 Å². The van der Waals surface area contributed by atoms with E-state index in [4.69, 9.17) is 17.3 Å². The molecule has 0 amide bonds. The van der Waals surface area contributed by atoms with Crippen molar-refractivity contribution in [2.75, 3.05) is 19.6 Å². The number of rotatable bonds is 3. The summed E-state index contributed by atoms with van der Waals surface area (Å²) in [4.78, 5) is 2.27. The standard InChI is InChI=1S/C14H20ClFN2/c1-9-7-18(8-10(9)2)14(6-17)12-5-11(15)3-4-13(12)16/h3-5,9-10,14H,6-8,17H2,1-2H3. The van der Waals surface area contributed by atoms with Crippen LogP contribution in [0.25, 0.3) is 0 Å². The van der Waals surface area contributed by atoms with Crippen LogP contribution < -0.4 is 5.73 Å². The molecule has 1 heterocycles. The summed E-state index contributed by atoms with van der Waals surface area (Å²) in [5.74, 6) is 1.03. The van der Waals surface area contributed by atoms with Gasteiger partial charge in [0, 0.05) is 36.3 Å². The first-order valence-corrected chi connectivity index (χ1v) is 6.79. The van der Waals surface area contributed by atoms with Crippen molar-refractivity contribution in [1.82, 2.24) is 4.90 Å². The van der Waals surface area contributed by atoms with E-state index in [0.29, 0.717) is 29.0 Å². The summed E-state index contributed by atoms with van der Waals surface area (Å²) in [6.07, 6.45) is 0. The van der Waals surface area contributed by atoms with Crippen molar-refractivity contribution >= 4 is 11.6 Å². The molecule has 0 aromatic heterocycles. The molecule has 0 saturated carbocycles. The van der Waals surface area contributed by atoms with Gasteiger partial charge in [0.1, 0.15) is 5.82 Å². The fourth-order valence-corrected chi connectivity index (χ4v) is 2.85. The van der Waals surface area contributed by atoms with Crippen molar-refractivity contribution < 1.29 is 4.39 Å². The van der Waals surface area contributed by atoms with Gasteiger partial charge in [-0.15, -0.1) is 0 Å². The Morgan fingerprint density at radius 3 is 2.56 bits per heavy atom. The highest BCUT2D eigenvalue weighted by molar-refractivity contribution is 6.30. The van der Waals surface area contributed by atoms with E-state index in [9.17, 15) is 4.39 Å². The lowest BCUT2D eigenvalue weighted by Crippen LogP contribution is -2.32. The molecule has 4 heteroatoms. The predicted octanol–water partition coefficient (Wildman–Crippen LogP) is 3.07. The molecule has 1 aliphatic rings. The second kappa shape index (κ2) is 5.55. The van der Waals surface area contributed by atoms with Crippen molar-refractivity contribution in [1.29, 1.82) is 0 Å². The molecule has 0 radical (unpaired) electrons. The molecule has 1 fully saturated rings. The number of halogens is 2. The molecule has 18 heavy (non-hydrogen) atoms. The topological polar surface area (TPSA) is 29.3 Å². The Morgan fingerprint density at radius 2 is 2.00 bits per heavy atom. The molecule has 2 nitrogen and oxygen atoms in total. The second-order valence-corrected chi connectivity index (χ2v) is 5.76. The van der Waals surface area contributed by atoms with Gasteiger partial charge in [-0.3, -0.25) is 4.90 Å². The van der Waals surface area contributed by atoms with Crippen LogP contribution in [0, 0.1) is 17.7 Å². The second-order valence-electron chi connectivity index (χ2n) is 5.33. The first kappa shape index (κ1) is 13.8. The van der Waals surface area contributed by atoms with Gasteiger partial charge in [-0.1, -0.05) is 25.4 Å². The lowest BCUT2D eigenvalue weighted by molar-refractivity contribution is 0.235. The zero-order valence-corrected chi connectivity index (χ0v) is 11.6. The van der Waals surface area contributed by atoms with E-state index in [1.165, 1.54) is 6.07 Å². The van der Waals surface area contributed by atoms with Gasteiger partial charge in [-0.2, -0.15) is 0 Å². The molecule has 0 spiro atoms. The smallest absolute Gasteiger partial charge is 0.128 e. The van der Waals surface area contributed by atoms with E-state index in [1.54, 1.807) is 12.1 Å². The monoisotopic (exact) mass is 270 g/mol. The summed E-state index contributed by atoms with van der Waals surface area (Å²) >= 11 is 5.96. The summed E-state index contributed by atoms with van der Waals surface area (Å²) in [7, 11) is 0. The van der Waals surface area contributed by atoms with E-state index < -0.39 is 0 Å². The summed E-state index contributed by atoms with van der Waals surface area (Å²) in [5.41, 5.74) is 6.46. The van der Waals surface area contributed by atoms with Crippen LogP contribution in [0.1, 0.15) is 25.5 Å². The van der Waals surface area contributed by atoms with Crippen LogP contribution >= 0.6 is 11.6 Å². The first-order chi connectivity index (χ1) is 8.52. The van der Waals surface area contributed by atoms with Crippen molar-refractivity contribution in [2.24, 2.45) is 17.6 Å². The van der Waals surface area contributed by atoms with Gasteiger partial charge in [-0.05, 0) is 30.0 Å². The van der Waals surface area contributed by atoms with Gasteiger partial charge in [0.15, 0.2) is 0 Å². The largest absolute Gasteiger partial charge is 0.329 e. The minimum absolute atomic E-state index is 0.0731. The number of benzene rings is 1. The fourth-order valence-electron chi connectivity index (χ4n) is 2.67. The third kappa shape index (κ3) is 2.68. The van der Waals surface area contributed by atoms with Crippen LogP contribution in [-0.4, -0.2) is 24.5 Å². The maximum Gasteiger partial charge on any atom is 0.128 e. The number of hydrogen-bond acceptors (Lipinski definition) is 2. The summed E-state index contributed by atoms with van der Waals surface area (Å²) in [6, 6.07) is 4.62. The van der Waals surface area contributed by atoms with E-state index in [0.717, 1.165) is 13.1 Å². The lowest BCUT2D eigenvalue weighted by atomic mass is 10.0. The van der Waals surface area contributed by atoms with Gasteiger partial charge in [0.05, 0.1) is 0 Å². The van der Waals surface area contributed by atoms with Crippen LogP contribution in [0.2, 0.25) is 5.02 Å². The summed E-state index contributed by atoms with van der Waals surface area (Å²) < 4.78 is 13.9. The molecule has 1 aliphatic heterocycles. The highest BCUT2D eigenvalue weighted by Gasteiger charge is 2.32. The van der Waals surface area contributed by atoms with Crippen LogP contribution in [0.3, 0.4) is 0 Å². The number of nitrogens with two attached hydrogens (primary N) is 1. The van der Waals surface area contributed by atoms with Crippen molar-refractivity contribution in [2.45, 2.75) is 19.9 Å². The highest BCUT2D eigenvalue weighted by atomic mass is 35.5. The molecule has 100 valence electrons. The molecule has 2 N–H and O–H groups in total. The molecule has 1 aromatic carbocycles. The minimum Gasteiger partial charge on any atom is -0.329 e. The van der Waals surface area contributed by atoms with Crippen LogP contribution in [-0.2, 0) is 0 Å². The van der Waals surface area contributed by atoms with E-state index in [2.05, 4.69) is 18.7 Å². The third-order valence-electron chi connectivity index (χ3n) is 4.00. The molecule has 2 rings (SSSR count). The molecule has 3 atom stereocenters. The first-order valence-electron chi connectivity index (χ1n) is 6.42. The van der Waals surface area contributed by atoms with E-state index in [1.807, 2.05) is 0 Å². The molecule has 1 aromatic rings. The normalized spacial score (nSPS) is 26.5. The SMILES string of the molecule is CC1CN(C(CN)c2cc(Cl)ccc2F)CC1C.